The Morgan fingerprint density at radius 1 is 0.773 bits per heavy atom. The van der Waals surface area contributed by atoms with Gasteiger partial charge in [-0.3, -0.25) is 9.59 Å². The molecule has 0 saturated carbocycles. The van der Waals surface area contributed by atoms with Gasteiger partial charge in [-0.2, -0.15) is 0 Å². The normalized spacial score (nSPS) is 13.5. The van der Waals surface area contributed by atoms with Crippen LogP contribution in [0.2, 0.25) is 0 Å². The second-order valence-electron chi connectivity index (χ2n) is 5.93. The van der Waals surface area contributed by atoms with Gasteiger partial charge in [0.15, 0.2) is 0 Å². The van der Waals surface area contributed by atoms with Gasteiger partial charge in [0.1, 0.15) is 12.2 Å². The number of esters is 2. The summed E-state index contributed by atoms with van der Waals surface area (Å²) in [5, 5.41) is 0. The van der Waals surface area contributed by atoms with Gasteiger partial charge in [0.25, 0.3) is 0 Å². The fraction of sp³-hybridized carbons (Fsp3) is 0.889. The molecule has 4 nitrogen and oxygen atoms in total. The van der Waals surface area contributed by atoms with Crippen molar-refractivity contribution in [1.82, 2.24) is 0 Å². The molecule has 4 heteroatoms. The lowest BCUT2D eigenvalue weighted by molar-refractivity contribution is -0.167. The average molecular weight is 314 g/mol. The molecule has 0 aromatic carbocycles. The largest absolute Gasteiger partial charge is 0.459 e. The Kier molecular flexibility index (Phi) is 12.9. The van der Waals surface area contributed by atoms with E-state index in [4.69, 9.17) is 9.47 Å². The molecular weight excluding hydrogens is 280 g/mol. The third kappa shape index (κ3) is 10.6. The van der Waals surface area contributed by atoms with Crippen LogP contribution in [-0.4, -0.2) is 24.1 Å². The van der Waals surface area contributed by atoms with E-state index in [1.165, 1.54) is 0 Å². The Balaban J connectivity index is 4.22. The van der Waals surface area contributed by atoms with Crippen molar-refractivity contribution in [1.29, 1.82) is 0 Å². The van der Waals surface area contributed by atoms with E-state index < -0.39 is 0 Å². The predicted octanol–water partition coefficient (Wildman–Crippen LogP) is 4.79. The summed E-state index contributed by atoms with van der Waals surface area (Å²) in [6, 6.07) is 0. The van der Waals surface area contributed by atoms with Crippen LogP contribution >= 0.6 is 0 Å². The fourth-order valence-corrected chi connectivity index (χ4v) is 2.28. The van der Waals surface area contributed by atoms with Gasteiger partial charge >= 0.3 is 11.9 Å². The minimum absolute atomic E-state index is 0.180. The van der Waals surface area contributed by atoms with Crippen molar-refractivity contribution in [3.8, 4) is 0 Å². The summed E-state index contributed by atoms with van der Waals surface area (Å²) in [5.41, 5.74) is 0. The lowest BCUT2D eigenvalue weighted by Gasteiger charge is -2.24. The smallest absolute Gasteiger partial charge is 0.306 e. The minimum Gasteiger partial charge on any atom is -0.459 e. The van der Waals surface area contributed by atoms with Crippen LogP contribution in [0.25, 0.3) is 0 Å². The van der Waals surface area contributed by atoms with E-state index in [0.29, 0.717) is 12.8 Å². The van der Waals surface area contributed by atoms with Crippen LogP contribution in [0.5, 0.6) is 0 Å². The summed E-state index contributed by atoms with van der Waals surface area (Å²) >= 11 is 0. The molecule has 0 N–H and O–H groups in total. The van der Waals surface area contributed by atoms with E-state index in [2.05, 4.69) is 13.8 Å². The molecule has 0 aromatic heterocycles. The van der Waals surface area contributed by atoms with E-state index in [-0.39, 0.29) is 24.1 Å². The maximum Gasteiger partial charge on any atom is 0.306 e. The van der Waals surface area contributed by atoms with E-state index in [9.17, 15) is 9.59 Å². The van der Waals surface area contributed by atoms with Gasteiger partial charge in [-0.05, 0) is 26.2 Å². The molecule has 0 aliphatic rings. The predicted molar refractivity (Wildman–Crippen MR) is 88.6 cm³/mol. The fourth-order valence-electron chi connectivity index (χ4n) is 2.28. The first-order chi connectivity index (χ1) is 10.5. The number of ether oxygens (including phenoxy) is 2. The number of rotatable bonds is 13. The Bertz CT molecular complexity index is 301. The maximum absolute atomic E-state index is 11.8. The second kappa shape index (κ2) is 13.6. The number of hydrogen-bond acceptors (Lipinski definition) is 4. The first-order valence-electron chi connectivity index (χ1n) is 8.94. The van der Waals surface area contributed by atoms with Gasteiger partial charge in [-0.25, -0.2) is 0 Å². The molecule has 0 rings (SSSR count). The molecule has 0 aliphatic heterocycles. The SMILES string of the molecule is CCCCCC(=O)OC(C)C(CCC)OC(=O)CCCCC. The number of carbonyl (C=O) groups is 2. The van der Waals surface area contributed by atoms with Gasteiger partial charge in [0, 0.05) is 12.8 Å². The van der Waals surface area contributed by atoms with Crippen molar-refractivity contribution >= 4 is 11.9 Å². The third-order valence-electron chi connectivity index (χ3n) is 3.67. The van der Waals surface area contributed by atoms with Crippen molar-refractivity contribution in [3.63, 3.8) is 0 Å². The topological polar surface area (TPSA) is 52.6 Å². The minimum atomic E-state index is -0.371. The molecule has 0 saturated heterocycles. The lowest BCUT2D eigenvalue weighted by atomic mass is 10.1. The zero-order valence-corrected chi connectivity index (χ0v) is 14.9. The number of carbonyl (C=O) groups excluding carboxylic acids is 2. The van der Waals surface area contributed by atoms with Crippen LogP contribution in [0.3, 0.4) is 0 Å². The van der Waals surface area contributed by atoms with Crippen molar-refractivity contribution < 1.29 is 19.1 Å². The summed E-state index contributed by atoms with van der Waals surface area (Å²) in [5.74, 6) is -0.370. The van der Waals surface area contributed by atoms with Gasteiger partial charge in [0.2, 0.25) is 0 Å². The Morgan fingerprint density at radius 3 is 1.73 bits per heavy atom. The highest BCUT2D eigenvalue weighted by molar-refractivity contribution is 5.70. The number of unbranched alkanes of at least 4 members (excludes halogenated alkanes) is 4. The molecule has 0 heterocycles. The first-order valence-corrected chi connectivity index (χ1v) is 8.94. The van der Waals surface area contributed by atoms with Crippen molar-refractivity contribution in [2.75, 3.05) is 0 Å². The summed E-state index contributed by atoms with van der Waals surface area (Å²) < 4.78 is 10.9. The molecule has 130 valence electrons. The molecule has 2 unspecified atom stereocenters. The molecule has 0 fully saturated rings. The lowest BCUT2D eigenvalue weighted by Crippen LogP contribution is -2.33. The molecule has 22 heavy (non-hydrogen) atoms. The van der Waals surface area contributed by atoms with Crippen molar-refractivity contribution in [2.24, 2.45) is 0 Å². The standard InChI is InChI=1S/C18H34O4/c1-5-8-10-13-17(19)21-15(4)16(12-7-3)22-18(20)14-11-9-6-2/h15-16H,5-14H2,1-4H3. The van der Waals surface area contributed by atoms with Gasteiger partial charge in [-0.15, -0.1) is 0 Å². The molecule has 0 spiro atoms. The zero-order valence-electron chi connectivity index (χ0n) is 14.9. The molecule has 0 bridgehead atoms. The van der Waals surface area contributed by atoms with E-state index in [0.717, 1.165) is 51.4 Å². The second-order valence-corrected chi connectivity index (χ2v) is 5.93. The van der Waals surface area contributed by atoms with Crippen LogP contribution in [0.15, 0.2) is 0 Å². The molecule has 2 atom stereocenters. The number of hydrogen-bond donors (Lipinski definition) is 0. The highest BCUT2D eigenvalue weighted by Gasteiger charge is 2.23. The summed E-state index contributed by atoms with van der Waals surface area (Å²) in [7, 11) is 0. The molecule has 0 amide bonds. The molecule has 0 radical (unpaired) electrons. The van der Waals surface area contributed by atoms with Gasteiger partial charge in [-0.1, -0.05) is 52.9 Å². The van der Waals surface area contributed by atoms with E-state index >= 15 is 0 Å². The Hall–Kier alpha value is -1.06. The van der Waals surface area contributed by atoms with Crippen LogP contribution in [0, 0.1) is 0 Å². The summed E-state index contributed by atoms with van der Waals surface area (Å²) in [6.45, 7) is 8.06. The molecular formula is C18H34O4. The Morgan fingerprint density at radius 2 is 1.27 bits per heavy atom. The first kappa shape index (κ1) is 20.9. The maximum atomic E-state index is 11.8. The van der Waals surface area contributed by atoms with Crippen LogP contribution < -0.4 is 0 Å². The average Bonchev–Trinajstić information content (AvgIpc) is 2.47. The van der Waals surface area contributed by atoms with E-state index in [1.807, 2.05) is 13.8 Å². The summed E-state index contributed by atoms with van der Waals surface area (Å²) in [4.78, 5) is 23.6. The zero-order chi connectivity index (χ0) is 16.8. The van der Waals surface area contributed by atoms with Crippen LogP contribution in [0.4, 0.5) is 0 Å². The third-order valence-corrected chi connectivity index (χ3v) is 3.67. The van der Waals surface area contributed by atoms with Crippen molar-refractivity contribution in [2.45, 2.75) is 104 Å². The monoisotopic (exact) mass is 314 g/mol. The van der Waals surface area contributed by atoms with Crippen LogP contribution in [-0.2, 0) is 19.1 Å². The highest BCUT2D eigenvalue weighted by Crippen LogP contribution is 2.14. The molecule has 0 aliphatic carbocycles. The summed E-state index contributed by atoms with van der Waals surface area (Å²) in [6.07, 6.45) is 7.77. The van der Waals surface area contributed by atoms with Gasteiger partial charge in [0.05, 0.1) is 0 Å². The quantitative estimate of drug-likeness (QED) is 0.362. The van der Waals surface area contributed by atoms with Crippen molar-refractivity contribution in [3.05, 3.63) is 0 Å². The highest BCUT2D eigenvalue weighted by atomic mass is 16.6. The Labute approximate surface area is 135 Å². The molecule has 0 aromatic rings. The van der Waals surface area contributed by atoms with E-state index in [1.54, 1.807) is 0 Å². The van der Waals surface area contributed by atoms with Gasteiger partial charge < -0.3 is 9.47 Å². The van der Waals surface area contributed by atoms with Crippen LogP contribution in [0.1, 0.15) is 91.9 Å².